The molecule has 3 aliphatic rings. The van der Waals surface area contributed by atoms with Crippen LogP contribution < -0.4 is 5.32 Å². The second-order valence-corrected chi connectivity index (χ2v) is 26.4. The fraction of sp³-hybridized carbons (Fsp3) is 0.903. The number of rotatable bonds is 57. The van der Waals surface area contributed by atoms with Gasteiger partial charge in [0.25, 0.3) is 0 Å². The fourth-order valence-electron chi connectivity index (χ4n) is 12.5. The molecule has 19 nitrogen and oxygen atoms in total. The molecule has 3 heterocycles. The zero-order valence-electron chi connectivity index (χ0n) is 56.6. The number of aliphatic hydroxyl groups is 11. The summed E-state index contributed by atoms with van der Waals surface area (Å²) in [4.78, 5) is 13.4. The molecule has 17 atom stereocenters. The fourth-order valence-corrected chi connectivity index (χ4v) is 12.5. The summed E-state index contributed by atoms with van der Waals surface area (Å²) >= 11 is 0. The zero-order valence-corrected chi connectivity index (χ0v) is 56.6. The number of allylic oxidation sites excluding steroid dienone is 5. The predicted molar refractivity (Wildman–Crippen MR) is 356 cm³/mol. The second-order valence-electron chi connectivity index (χ2n) is 26.4. The van der Waals surface area contributed by atoms with E-state index in [-0.39, 0.29) is 18.9 Å². The van der Waals surface area contributed by atoms with Gasteiger partial charge in [-0.05, 0) is 44.9 Å². The molecular formula is C72H133NO18. The van der Waals surface area contributed by atoms with Crippen LogP contribution in [-0.4, -0.2) is 193 Å². The van der Waals surface area contributed by atoms with Crippen LogP contribution in [0.1, 0.15) is 284 Å². The van der Waals surface area contributed by atoms with Crippen LogP contribution in [-0.2, 0) is 33.2 Å². The minimum atomic E-state index is -1.98. The topological polar surface area (TPSA) is 307 Å². The number of hydrogen-bond donors (Lipinski definition) is 12. The van der Waals surface area contributed by atoms with Gasteiger partial charge < -0.3 is 89.9 Å². The molecule has 534 valence electrons. The third-order valence-electron chi connectivity index (χ3n) is 18.4. The maximum absolute atomic E-state index is 13.4. The monoisotopic (exact) mass is 1300 g/mol. The van der Waals surface area contributed by atoms with E-state index in [1.807, 2.05) is 6.08 Å². The number of carbonyl (C=O) groups excluding carboxylic acids is 1. The van der Waals surface area contributed by atoms with E-state index in [1.165, 1.54) is 205 Å². The van der Waals surface area contributed by atoms with Gasteiger partial charge in [-0.1, -0.05) is 269 Å². The van der Waals surface area contributed by atoms with Crippen LogP contribution in [0.3, 0.4) is 0 Å². The van der Waals surface area contributed by atoms with E-state index in [9.17, 15) is 61.0 Å². The number of amides is 1. The molecule has 19 heteroatoms. The first-order valence-corrected chi connectivity index (χ1v) is 36.7. The van der Waals surface area contributed by atoms with E-state index in [0.29, 0.717) is 12.8 Å². The molecule has 17 unspecified atom stereocenters. The molecule has 12 N–H and O–H groups in total. The van der Waals surface area contributed by atoms with Crippen LogP contribution in [0.4, 0.5) is 0 Å². The highest BCUT2D eigenvalue weighted by atomic mass is 16.8. The first-order chi connectivity index (χ1) is 44.3. The summed E-state index contributed by atoms with van der Waals surface area (Å²) in [6.07, 6.45) is 37.0. The summed E-state index contributed by atoms with van der Waals surface area (Å²) < 4.78 is 34.4. The summed E-state index contributed by atoms with van der Waals surface area (Å²) in [5.74, 6) is -0.284. The van der Waals surface area contributed by atoms with Gasteiger partial charge in [0, 0.05) is 6.42 Å². The van der Waals surface area contributed by atoms with Crippen LogP contribution in [0.5, 0.6) is 0 Å². The van der Waals surface area contributed by atoms with Crippen molar-refractivity contribution >= 4 is 5.91 Å². The second kappa shape index (κ2) is 54.1. The molecular weight excluding hydrogens is 1170 g/mol. The van der Waals surface area contributed by atoms with Gasteiger partial charge in [-0.15, -0.1) is 0 Å². The van der Waals surface area contributed by atoms with Gasteiger partial charge in [0.2, 0.25) is 5.91 Å². The molecule has 3 fully saturated rings. The van der Waals surface area contributed by atoms with Gasteiger partial charge >= 0.3 is 0 Å². The van der Waals surface area contributed by atoms with E-state index < -0.39 is 124 Å². The molecule has 0 bridgehead atoms. The number of aliphatic hydroxyl groups excluding tert-OH is 11. The van der Waals surface area contributed by atoms with E-state index in [0.717, 1.165) is 44.9 Å². The van der Waals surface area contributed by atoms with Crippen LogP contribution in [0.15, 0.2) is 36.5 Å². The van der Waals surface area contributed by atoms with Crippen molar-refractivity contribution in [2.45, 2.75) is 388 Å². The van der Waals surface area contributed by atoms with Gasteiger partial charge in [-0.3, -0.25) is 4.79 Å². The van der Waals surface area contributed by atoms with Gasteiger partial charge in [0.15, 0.2) is 18.9 Å². The number of hydrogen-bond acceptors (Lipinski definition) is 18. The van der Waals surface area contributed by atoms with Crippen LogP contribution in [0.25, 0.3) is 0 Å². The lowest BCUT2D eigenvalue weighted by molar-refractivity contribution is -0.379. The van der Waals surface area contributed by atoms with Crippen molar-refractivity contribution in [1.29, 1.82) is 0 Å². The van der Waals surface area contributed by atoms with Gasteiger partial charge in [-0.25, -0.2) is 0 Å². The first-order valence-electron chi connectivity index (χ1n) is 36.7. The molecule has 3 rings (SSSR count). The van der Waals surface area contributed by atoms with Crippen LogP contribution >= 0.6 is 0 Å². The third-order valence-corrected chi connectivity index (χ3v) is 18.4. The Bertz CT molecular complexity index is 1790. The molecule has 3 saturated heterocycles. The number of unbranched alkanes of at least 4 members (excludes halogenated alkanes) is 37. The summed E-state index contributed by atoms with van der Waals surface area (Å²) in [5.41, 5.74) is 0. The van der Waals surface area contributed by atoms with Crippen molar-refractivity contribution in [2.75, 3.05) is 26.4 Å². The Morgan fingerprint density at radius 3 is 1.10 bits per heavy atom. The average molecular weight is 1300 g/mol. The van der Waals surface area contributed by atoms with Crippen molar-refractivity contribution in [3.05, 3.63) is 36.5 Å². The van der Waals surface area contributed by atoms with Gasteiger partial charge in [0.05, 0.1) is 38.6 Å². The zero-order chi connectivity index (χ0) is 66.1. The van der Waals surface area contributed by atoms with Gasteiger partial charge in [-0.2, -0.15) is 0 Å². The Kier molecular flexibility index (Phi) is 49.5. The predicted octanol–water partition coefficient (Wildman–Crippen LogP) is 10.4. The van der Waals surface area contributed by atoms with Crippen molar-refractivity contribution in [3.63, 3.8) is 0 Å². The molecule has 0 aliphatic carbocycles. The quantitative estimate of drug-likeness (QED) is 0.0199. The van der Waals surface area contributed by atoms with Crippen molar-refractivity contribution < 1.29 is 89.4 Å². The minimum absolute atomic E-state index is 0.236. The molecule has 0 aromatic rings. The smallest absolute Gasteiger partial charge is 0.220 e. The first kappa shape index (κ1) is 83.2. The maximum Gasteiger partial charge on any atom is 0.220 e. The average Bonchev–Trinajstić information content (AvgIpc) is 0.888. The molecule has 91 heavy (non-hydrogen) atoms. The highest BCUT2D eigenvalue weighted by Crippen LogP contribution is 2.33. The summed E-state index contributed by atoms with van der Waals surface area (Å²) in [5, 5.41) is 121. The molecule has 0 saturated carbocycles. The largest absolute Gasteiger partial charge is 0.394 e. The summed E-state index contributed by atoms with van der Waals surface area (Å²) in [7, 11) is 0. The van der Waals surface area contributed by atoms with Gasteiger partial charge in [0.1, 0.15) is 73.2 Å². The van der Waals surface area contributed by atoms with Crippen LogP contribution in [0.2, 0.25) is 0 Å². The van der Waals surface area contributed by atoms with E-state index >= 15 is 0 Å². The number of carbonyl (C=O) groups is 1. The van der Waals surface area contributed by atoms with E-state index in [2.05, 4.69) is 43.5 Å². The Labute approximate surface area is 549 Å². The summed E-state index contributed by atoms with van der Waals surface area (Å²) in [6.45, 7) is 1.74. The number of nitrogens with one attached hydrogen (secondary N) is 1. The Morgan fingerprint density at radius 2 is 0.703 bits per heavy atom. The highest BCUT2D eigenvalue weighted by molar-refractivity contribution is 5.76. The molecule has 0 aromatic carbocycles. The van der Waals surface area contributed by atoms with Crippen LogP contribution in [0, 0.1) is 0 Å². The Balaban J connectivity index is 1.42. The van der Waals surface area contributed by atoms with E-state index in [1.54, 1.807) is 6.08 Å². The Morgan fingerprint density at radius 1 is 0.385 bits per heavy atom. The lowest BCUT2D eigenvalue weighted by atomic mass is 9.96. The SMILES string of the molecule is CCCCCCCCCCC/C=C/CC/C=C/CC/C=C/C(O)C(COC1OC(CO)C(OC2OC(CO)C(OC3OC(CO)C(O)C(O)C3O)C(O)C2O)C(O)C1O)NC(=O)CCCCCCCCCCCCCCCCCCCCCCCCCCCCC. The molecule has 3 aliphatic heterocycles. The minimum Gasteiger partial charge on any atom is -0.394 e. The highest BCUT2D eigenvalue weighted by Gasteiger charge is 2.53. The van der Waals surface area contributed by atoms with E-state index in [4.69, 9.17) is 28.4 Å². The molecule has 1 amide bonds. The third kappa shape index (κ3) is 35.7. The lowest BCUT2D eigenvalue weighted by Gasteiger charge is -2.48. The van der Waals surface area contributed by atoms with Crippen molar-refractivity contribution in [2.24, 2.45) is 0 Å². The molecule has 0 radical (unpaired) electrons. The van der Waals surface area contributed by atoms with Crippen molar-refractivity contribution in [3.8, 4) is 0 Å². The Hall–Kier alpha value is -1.99. The molecule has 0 aromatic heterocycles. The van der Waals surface area contributed by atoms with Crippen molar-refractivity contribution in [1.82, 2.24) is 5.32 Å². The normalized spacial score (nSPS) is 28.0. The number of ether oxygens (including phenoxy) is 6. The molecule has 0 spiro atoms. The lowest BCUT2D eigenvalue weighted by Crippen LogP contribution is -2.66. The maximum atomic E-state index is 13.4. The summed E-state index contributed by atoms with van der Waals surface area (Å²) in [6, 6.07) is -0.995. The standard InChI is InChI=1S/C72H133NO18/c1-3-5-7-9-11-13-15-17-19-21-23-24-25-26-27-28-29-30-32-34-36-38-40-42-44-46-48-50-60(78)73-55(56(77)49-47-45-43-41-39-37-35-33-31-22-20-18-16-14-12-10-8-6-4-2)54-86-70-66(84)63(81)68(58(52-75)88-70)91-72-67(85)64(82)69(59(53-76)89-72)90-71-65(83)62(80)61(79)57(51-74)87-71/h31,33,39,41,47,49,55-59,61-72,74-77,79-85H,3-30,32,34-38,40,42-46,48,50-54H2,1-2H3,(H,73,78)/b33-31+,41-39+,49-47+.